The molecule has 0 aliphatic rings. The van der Waals surface area contributed by atoms with Gasteiger partial charge < -0.3 is 16.0 Å². The van der Waals surface area contributed by atoms with Crippen LogP contribution in [0.15, 0.2) is 4.99 Å². The molecule has 7 heteroatoms. The lowest BCUT2D eigenvalue weighted by Crippen LogP contribution is -2.48. The van der Waals surface area contributed by atoms with Crippen molar-refractivity contribution in [3.8, 4) is 0 Å². The number of hydrogen-bond donors (Lipinski definition) is 3. The Morgan fingerprint density at radius 2 is 1.89 bits per heavy atom. The molecule has 3 N–H and O–H groups in total. The number of carbonyl (C=O) groups is 1. The lowest BCUT2D eigenvalue weighted by molar-refractivity contribution is -0.121. The first kappa shape index (κ1) is 21.1. The first-order chi connectivity index (χ1) is 8.28. The van der Waals surface area contributed by atoms with E-state index in [9.17, 15) is 4.79 Å². The summed E-state index contributed by atoms with van der Waals surface area (Å²) in [5, 5.41) is 9.56. The maximum absolute atomic E-state index is 11.6. The minimum absolute atomic E-state index is 0. The van der Waals surface area contributed by atoms with Crippen molar-refractivity contribution in [2.45, 2.75) is 38.5 Å². The van der Waals surface area contributed by atoms with Crippen molar-refractivity contribution in [1.82, 2.24) is 16.0 Å². The van der Waals surface area contributed by atoms with E-state index in [0.29, 0.717) is 11.2 Å². The molecule has 0 spiro atoms. The van der Waals surface area contributed by atoms with Crippen LogP contribution in [0.3, 0.4) is 0 Å². The molecule has 0 heterocycles. The summed E-state index contributed by atoms with van der Waals surface area (Å²) in [5.41, 5.74) is -0.205. The molecule has 1 unspecified atom stereocenters. The number of amides is 1. The number of thioether (sulfide) groups is 1. The summed E-state index contributed by atoms with van der Waals surface area (Å²) in [6, 6.07) is 0. The minimum Gasteiger partial charge on any atom is -0.355 e. The first-order valence-electron chi connectivity index (χ1n) is 6.07. The number of halogens is 1. The van der Waals surface area contributed by atoms with E-state index in [-0.39, 0.29) is 42.0 Å². The van der Waals surface area contributed by atoms with Gasteiger partial charge in [0.1, 0.15) is 0 Å². The fraction of sp³-hybridized carbons (Fsp3) is 0.833. The van der Waals surface area contributed by atoms with Crippen LogP contribution in [0.1, 0.15) is 27.7 Å². The van der Waals surface area contributed by atoms with Gasteiger partial charge in [-0.3, -0.25) is 9.79 Å². The molecular formula is C12H27IN4OS. The van der Waals surface area contributed by atoms with Gasteiger partial charge in [0.05, 0.1) is 6.54 Å². The first-order valence-corrected chi connectivity index (χ1v) is 7.35. The average molecular weight is 402 g/mol. The molecule has 0 aromatic carbocycles. The third kappa shape index (κ3) is 12.6. The second-order valence-electron chi connectivity index (χ2n) is 5.15. The van der Waals surface area contributed by atoms with Gasteiger partial charge in [-0.15, -0.1) is 24.0 Å². The zero-order valence-electron chi connectivity index (χ0n) is 12.7. The predicted octanol–water partition coefficient (Wildman–Crippen LogP) is 1.44. The zero-order chi connectivity index (χ0) is 14.2. The fourth-order valence-corrected chi connectivity index (χ4v) is 1.42. The van der Waals surface area contributed by atoms with E-state index >= 15 is 0 Å². The maximum Gasteiger partial charge on any atom is 0.239 e. The highest BCUT2D eigenvalue weighted by atomic mass is 127. The molecule has 19 heavy (non-hydrogen) atoms. The number of carbonyl (C=O) groups excluding carboxylic acids is 1. The van der Waals surface area contributed by atoms with Crippen molar-refractivity contribution >= 4 is 47.6 Å². The smallest absolute Gasteiger partial charge is 0.239 e. The lowest BCUT2D eigenvalue weighted by atomic mass is 10.1. The van der Waals surface area contributed by atoms with Crippen molar-refractivity contribution in [3.63, 3.8) is 0 Å². The zero-order valence-corrected chi connectivity index (χ0v) is 15.8. The van der Waals surface area contributed by atoms with Crippen LogP contribution in [0.25, 0.3) is 0 Å². The molecule has 0 saturated heterocycles. The van der Waals surface area contributed by atoms with Crippen molar-refractivity contribution in [2.24, 2.45) is 4.99 Å². The Morgan fingerprint density at radius 1 is 1.32 bits per heavy atom. The molecule has 1 amide bonds. The summed E-state index contributed by atoms with van der Waals surface area (Å²) in [4.78, 5) is 15.7. The number of nitrogens with zero attached hydrogens (tertiary/aromatic N) is 1. The average Bonchev–Trinajstić information content (AvgIpc) is 2.26. The van der Waals surface area contributed by atoms with Gasteiger partial charge in [-0.2, -0.15) is 11.8 Å². The quantitative estimate of drug-likeness (QED) is 0.370. The molecule has 0 saturated carbocycles. The van der Waals surface area contributed by atoms with Crippen LogP contribution < -0.4 is 16.0 Å². The SMILES string of the molecule is CN=C(NCC(=O)NC(C)(C)C)NCC(C)SC.I. The monoisotopic (exact) mass is 402 g/mol. The molecule has 0 fully saturated rings. The molecule has 0 aliphatic carbocycles. The largest absolute Gasteiger partial charge is 0.355 e. The van der Waals surface area contributed by atoms with Crippen molar-refractivity contribution in [3.05, 3.63) is 0 Å². The normalized spacial score (nSPS) is 13.3. The molecule has 0 aliphatic heterocycles. The third-order valence-electron chi connectivity index (χ3n) is 2.11. The van der Waals surface area contributed by atoms with E-state index in [1.165, 1.54) is 0 Å². The van der Waals surface area contributed by atoms with E-state index in [1.807, 2.05) is 20.8 Å². The molecule has 114 valence electrons. The lowest BCUT2D eigenvalue weighted by Gasteiger charge is -2.21. The van der Waals surface area contributed by atoms with Gasteiger partial charge in [0.15, 0.2) is 5.96 Å². The summed E-state index contributed by atoms with van der Waals surface area (Å²) >= 11 is 1.78. The van der Waals surface area contributed by atoms with Crippen LogP contribution in [0.4, 0.5) is 0 Å². The van der Waals surface area contributed by atoms with Gasteiger partial charge in [-0.1, -0.05) is 6.92 Å². The van der Waals surface area contributed by atoms with Gasteiger partial charge in [0.2, 0.25) is 5.91 Å². The molecule has 0 aromatic rings. The molecule has 0 aromatic heterocycles. The Morgan fingerprint density at radius 3 is 2.32 bits per heavy atom. The van der Waals surface area contributed by atoms with E-state index < -0.39 is 0 Å². The van der Waals surface area contributed by atoms with Gasteiger partial charge >= 0.3 is 0 Å². The van der Waals surface area contributed by atoms with Crippen LogP contribution >= 0.6 is 35.7 Å². The van der Waals surface area contributed by atoms with Crippen molar-refractivity contribution in [2.75, 3.05) is 26.4 Å². The number of rotatable bonds is 5. The van der Waals surface area contributed by atoms with Crippen molar-refractivity contribution in [1.29, 1.82) is 0 Å². The minimum atomic E-state index is -0.205. The van der Waals surface area contributed by atoms with Crippen LogP contribution in [-0.4, -0.2) is 49.0 Å². The highest BCUT2D eigenvalue weighted by Crippen LogP contribution is 2.02. The Kier molecular flexibility index (Phi) is 11.8. The summed E-state index contributed by atoms with van der Waals surface area (Å²) in [5.74, 6) is 0.614. The van der Waals surface area contributed by atoms with Crippen LogP contribution in [-0.2, 0) is 4.79 Å². The Balaban J connectivity index is 0. The summed E-state index contributed by atoms with van der Waals surface area (Å²) in [7, 11) is 1.70. The van der Waals surface area contributed by atoms with Crippen LogP contribution in [0, 0.1) is 0 Å². The second kappa shape index (κ2) is 10.6. The Bertz CT molecular complexity index is 292. The fourth-order valence-electron chi connectivity index (χ4n) is 1.17. The molecule has 0 bridgehead atoms. The van der Waals surface area contributed by atoms with E-state index in [1.54, 1.807) is 18.8 Å². The Labute approximate surface area is 138 Å². The topological polar surface area (TPSA) is 65.5 Å². The Hall–Kier alpha value is -0.180. The molecule has 1 atom stereocenters. The second-order valence-corrected chi connectivity index (χ2v) is 6.43. The van der Waals surface area contributed by atoms with E-state index in [2.05, 4.69) is 34.1 Å². The van der Waals surface area contributed by atoms with Gasteiger partial charge in [0, 0.05) is 24.4 Å². The molecule has 0 rings (SSSR count). The highest BCUT2D eigenvalue weighted by molar-refractivity contribution is 14.0. The highest BCUT2D eigenvalue weighted by Gasteiger charge is 2.13. The predicted molar refractivity (Wildman–Crippen MR) is 95.7 cm³/mol. The maximum atomic E-state index is 11.6. The molecule has 0 radical (unpaired) electrons. The van der Waals surface area contributed by atoms with Gasteiger partial charge in [-0.05, 0) is 27.0 Å². The van der Waals surface area contributed by atoms with Crippen molar-refractivity contribution < 1.29 is 4.79 Å². The third-order valence-corrected chi connectivity index (χ3v) is 3.09. The molecular weight excluding hydrogens is 375 g/mol. The van der Waals surface area contributed by atoms with E-state index in [0.717, 1.165) is 6.54 Å². The summed E-state index contributed by atoms with van der Waals surface area (Å²) in [6.07, 6.45) is 2.07. The standard InChI is InChI=1S/C12H26N4OS.HI/c1-9(18-6)7-14-11(13-5)15-8-10(17)16-12(2,3)4;/h9H,7-8H2,1-6H3,(H,16,17)(H2,13,14,15);1H. The van der Waals surface area contributed by atoms with Crippen LogP contribution in [0.2, 0.25) is 0 Å². The number of guanidine groups is 1. The number of aliphatic imine (C=N–C) groups is 1. The summed E-state index contributed by atoms with van der Waals surface area (Å²) < 4.78 is 0. The van der Waals surface area contributed by atoms with E-state index in [4.69, 9.17) is 0 Å². The van der Waals surface area contributed by atoms with Crippen LogP contribution in [0.5, 0.6) is 0 Å². The molecule has 5 nitrogen and oxygen atoms in total. The van der Waals surface area contributed by atoms with Gasteiger partial charge in [0.25, 0.3) is 0 Å². The number of hydrogen-bond acceptors (Lipinski definition) is 3. The number of nitrogens with one attached hydrogen (secondary N) is 3. The summed E-state index contributed by atoms with van der Waals surface area (Å²) in [6.45, 7) is 9.05. The van der Waals surface area contributed by atoms with Gasteiger partial charge in [-0.25, -0.2) is 0 Å².